The molecule has 1 N–H and O–H groups in total. The summed E-state index contributed by atoms with van der Waals surface area (Å²) in [6.07, 6.45) is -2.55. The van der Waals surface area contributed by atoms with E-state index in [1.807, 2.05) is 24.3 Å². The molecule has 3 aromatic carbocycles. The second-order valence-electron chi connectivity index (χ2n) is 10.5. The number of aryl methyl sites for hydroxylation is 1. The van der Waals surface area contributed by atoms with Gasteiger partial charge in [0.1, 0.15) is 6.54 Å². The highest BCUT2D eigenvalue weighted by Gasteiger charge is 2.35. The lowest BCUT2D eigenvalue weighted by Gasteiger charge is -2.32. The standard InChI is InChI=1S/C30H33ClF3N3O3S/c1-20-4-11-26(12-5-20)41(39,40)37(25-10-13-28(31)27(18-25)30(32,33)34)19-29(38)35-22(3)23-6-8-24(9-7-23)36-16-14-21(2)15-17-36/h4-13,18,21-22H,14-17,19H2,1-3H3,(H,35,38). The molecular formula is C30H33ClF3N3O3S. The van der Waals surface area contributed by atoms with Crippen molar-refractivity contribution in [3.8, 4) is 0 Å². The molecule has 1 fully saturated rings. The van der Waals surface area contributed by atoms with Crippen LogP contribution in [0.5, 0.6) is 0 Å². The number of halogens is 4. The molecular weight excluding hydrogens is 575 g/mol. The van der Waals surface area contributed by atoms with Gasteiger partial charge in [-0.25, -0.2) is 8.42 Å². The minimum atomic E-state index is -4.82. The molecule has 1 saturated heterocycles. The number of alkyl halides is 3. The maximum absolute atomic E-state index is 13.6. The number of hydrogen-bond acceptors (Lipinski definition) is 4. The van der Waals surface area contributed by atoms with Gasteiger partial charge >= 0.3 is 6.18 Å². The Morgan fingerprint density at radius 3 is 2.24 bits per heavy atom. The van der Waals surface area contributed by atoms with Gasteiger partial charge in [-0.05, 0) is 80.6 Å². The fourth-order valence-electron chi connectivity index (χ4n) is 4.78. The van der Waals surface area contributed by atoms with Crippen LogP contribution >= 0.6 is 11.6 Å². The molecule has 11 heteroatoms. The molecule has 1 heterocycles. The van der Waals surface area contributed by atoms with Gasteiger partial charge in [0.25, 0.3) is 10.0 Å². The number of carbonyl (C=O) groups excluding carboxylic acids is 1. The zero-order chi connectivity index (χ0) is 29.9. The Hall–Kier alpha value is -3.24. The van der Waals surface area contributed by atoms with Crippen molar-refractivity contribution in [2.24, 2.45) is 5.92 Å². The Kier molecular flexibility index (Phi) is 9.23. The molecule has 0 saturated carbocycles. The molecule has 6 nitrogen and oxygen atoms in total. The van der Waals surface area contributed by atoms with Gasteiger partial charge in [0.05, 0.1) is 27.2 Å². The van der Waals surface area contributed by atoms with Crippen LogP contribution in [0, 0.1) is 12.8 Å². The molecule has 1 aliphatic heterocycles. The smallest absolute Gasteiger partial charge is 0.372 e. The first kappa shape index (κ1) is 30.7. The van der Waals surface area contributed by atoms with Crippen LogP contribution in [0.15, 0.2) is 71.6 Å². The normalized spacial score (nSPS) is 15.4. The summed E-state index contributed by atoms with van der Waals surface area (Å²) in [4.78, 5) is 15.3. The lowest BCUT2D eigenvalue weighted by Crippen LogP contribution is -2.41. The maximum atomic E-state index is 13.6. The van der Waals surface area contributed by atoms with Gasteiger partial charge in [0.2, 0.25) is 5.91 Å². The lowest BCUT2D eigenvalue weighted by atomic mass is 9.98. The van der Waals surface area contributed by atoms with Crippen molar-refractivity contribution in [1.29, 1.82) is 0 Å². The van der Waals surface area contributed by atoms with Gasteiger partial charge in [-0.15, -0.1) is 0 Å². The number of amides is 1. The summed E-state index contributed by atoms with van der Waals surface area (Å²) < 4.78 is 68.7. The highest BCUT2D eigenvalue weighted by molar-refractivity contribution is 7.92. The Labute approximate surface area is 244 Å². The molecule has 220 valence electrons. The van der Waals surface area contributed by atoms with Crippen LogP contribution in [0.3, 0.4) is 0 Å². The van der Waals surface area contributed by atoms with E-state index in [1.54, 1.807) is 26.0 Å². The summed E-state index contributed by atoms with van der Waals surface area (Å²) in [6, 6.07) is 16.0. The van der Waals surface area contributed by atoms with Gasteiger partial charge in [-0.1, -0.05) is 48.4 Å². The molecule has 0 aromatic heterocycles. The van der Waals surface area contributed by atoms with Crippen LogP contribution in [0.25, 0.3) is 0 Å². The van der Waals surface area contributed by atoms with E-state index in [2.05, 4.69) is 17.1 Å². The number of nitrogens with zero attached hydrogens (tertiary/aromatic N) is 2. The number of rotatable bonds is 8. The summed E-state index contributed by atoms with van der Waals surface area (Å²) in [5.74, 6) is 0.0360. The molecule has 0 radical (unpaired) electrons. The predicted octanol–water partition coefficient (Wildman–Crippen LogP) is 6.98. The maximum Gasteiger partial charge on any atom is 0.417 e. The molecule has 3 aromatic rings. The van der Waals surface area contributed by atoms with Gasteiger partial charge in [-0.2, -0.15) is 13.2 Å². The first-order valence-corrected chi connectivity index (χ1v) is 15.2. The molecule has 41 heavy (non-hydrogen) atoms. The molecule has 0 bridgehead atoms. The second-order valence-corrected chi connectivity index (χ2v) is 12.8. The van der Waals surface area contributed by atoms with E-state index in [-0.39, 0.29) is 10.6 Å². The number of anilines is 2. The number of nitrogens with one attached hydrogen (secondary N) is 1. The molecule has 0 spiro atoms. The second kappa shape index (κ2) is 12.3. The predicted molar refractivity (Wildman–Crippen MR) is 156 cm³/mol. The summed E-state index contributed by atoms with van der Waals surface area (Å²) in [5, 5.41) is 2.21. The molecule has 1 unspecified atom stereocenters. The van der Waals surface area contributed by atoms with Crippen molar-refractivity contribution in [3.63, 3.8) is 0 Å². The van der Waals surface area contributed by atoms with E-state index in [0.717, 1.165) is 54.9 Å². The van der Waals surface area contributed by atoms with E-state index in [4.69, 9.17) is 11.6 Å². The first-order valence-electron chi connectivity index (χ1n) is 13.4. The number of benzene rings is 3. The third kappa shape index (κ3) is 7.35. The summed E-state index contributed by atoms with van der Waals surface area (Å²) in [6.45, 7) is 7.02. The number of sulfonamides is 1. The number of carbonyl (C=O) groups is 1. The summed E-state index contributed by atoms with van der Waals surface area (Å²) in [5.41, 5.74) is 1.18. The fourth-order valence-corrected chi connectivity index (χ4v) is 6.42. The Morgan fingerprint density at radius 1 is 1.05 bits per heavy atom. The topological polar surface area (TPSA) is 69.7 Å². The minimum Gasteiger partial charge on any atom is -0.372 e. The van der Waals surface area contributed by atoms with Crippen molar-refractivity contribution < 1.29 is 26.4 Å². The molecule has 4 rings (SSSR count). The zero-order valence-corrected chi connectivity index (χ0v) is 24.7. The highest BCUT2D eigenvalue weighted by Crippen LogP contribution is 2.38. The SMILES string of the molecule is Cc1ccc(S(=O)(=O)N(CC(=O)NC(C)c2ccc(N3CCC(C)CC3)cc2)c2ccc(Cl)c(C(F)(F)F)c2)cc1. The van der Waals surface area contributed by atoms with Crippen molar-refractivity contribution in [2.45, 2.75) is 50.7 Å². The quantitative estimate of drug-likeness (QED) is 0.300. The van der Waals surface area contributed by atoms with Gasteiger partial charge in [0.15, 0.2) is 0 Å². The van der Waals surface area contributed by atoms with Crippen LogP contribution in [0.4, 0.5) is 24.5 Å². The van der Waals surface area contributed by atoms with E-state index in [0.29, 0.717) is 16.3 Å². The Morgan fingerprint density at radius 2 is 1.66 bits per heavy atom. The molecule has 1 aliphatic rings. The van der Waals surface area contributed by atoms with E-state index >= 15 is 0 Å². The van der Waals surface area contributed by atoms with E-state index in [1.165, 1.54) is 12.1 Å². The monoisotopic (exact) mass is 607 g/mol. The van der Waals surface area contributed by atoms with Gasteiger partial charge in [-0.3, -0.25) is 9.10 Å². The van der Waals surface area contributed by atoms with Crippen LogP contribution in [0.1, 0.15) is 49.4 Å². The number of piperidine rings is 1. The van der Waals surface area contributed by atoms with Crippen molar-refractivity contribution >= 4 is 38.9 Å². The Balaban J connectivity index is 1.57. The molecule has 1 amide bonds. The average Bonchev–Trinajstić information content (AvgIpc) is 2.92. The van der Waals surface area contributed by atoms with Crippen LogP contribution < -0.4 is 14.5 Å². The third-order valence-corrected chi connectivity index (χ3v) is 9.48. The van der Waals surface area contributed by atoms with Crippen LogP contribution in [-0.2, 0) is 21.0 Å². The van der Waals surface area contributed by atoms with E-state index in [9.17, 15) is 26.4 Å². The molecule has 0 aliphatic carbocycles. The summed E-state index contributed by atoms with van der Waals surface area (Å²) >= 11 is 5.77. The molecule has 1 atom stereocenters. The third-order valence-electron chi connectivity index (χ3n) is 7.36. The average molecular weight is 608 g/mol. The fraction of sp³-hybridized carbons (Fsp3) is 0.367. The largest absolute Gasteiger partial charge is 0.417 e. The minimum absolute atomic E-state index is 0.157. The van der Waals surface area contributed by atoms with E-state index < -0.39 is 45.3 Å². The number of hydrogen-bond donors (Lipinski definition) is 1. The summed E-state index contributed by atoms with van der Waals surface area (Å²) in [7, 11) is -4.41. The van der Waals surface area contributed by atoms with Crippen molar-refractivity contribution in [3.05, 3.63) is 88.4 Å². The lowest BCUT2D eigenvalue weighted by molar-refractivity contribution is -0.137. The zero-order valence-electron chi connectivity index (χ0n) is 23.1. The van der Waals surface area contributed by atoms with Gasteiger partial charge in [0, 0.05) is 18.8 Å². The first-order chi connectivity index (χ1) is 19.3. The van der Waals surface area contributed by atoms with Crippen LogP contribution in [-0.4, -0.2) is 34.0 Å². The van der Waals surface area contributed by atoms with Crippen molar-refractivity contribution in [2.75, 3.05) is 28.8 Å². The van der Waals surface area contributed by atoms with Crippen LogP contribution in [0.2, 0.25) is 5.02 Å². The van der Waals surface area contributed by atoms with Crippen molar-refractivity contribution in [1.82, 2.24) is 5.32 Å². The highest BCUT2D eigenvalue weighted by atomic mass is 35.5. The van der Waals surface area contributed by atoms with Gasteiger partial charge < -0.3 is 10.2 Å². The Bertz CT molecular complexity index is 1470.